The largest absolute Gasteiger partial charge is 0.377 e. The average molecular weight is 306 g/mol. The van der Waals surface area contributed by atoms with Crippen molar-refractivity contribution in [3.63, 3.8) is 0 Å². The van der Waals surface area contributed by atoms with Gasteiger partial charge in [0.25, 0.3) is 5.91 Å². The molecule has 3 rings (SSSR count). The van der Waals surface area contributed by atoms with Crippen molar-refractivity contribution in [2.75, 3.05) is 13.2 Å². The molecule has 1 heterocycles. The quantitative estimate of drug-likeness (QED) is 0.926. The van der Waals surface area contributed by atoms with Crippen LogP contribution in [-0.2, 0) is 4.74 Å². The van der Waals surface area contributed by atoms with E-state index in [0.717, 1.165) is 15.2 Å². The van der Waals surface area contributed by atoms with Crippen LogP contribution in [0.15, 0.2) is 40.9 Å². The summed E-state index contributed by atoms with van der Waals surface area (Å²) in [6, 6.07) is 11.9. The summed E-state index contributed by atoms with van der Waals surface area (Å²) in [6.45, 7) is 1.23. The topological polar surface area (TPSA) is 38.3 Å². The van der Waals surface area contributed by atoms with Crippen LogP contribution in [0.25, 0.3) is 10.8 Å². The van der Waals surface area contributed by atoms with Gasteiger partial charge in [-0.05, 0) is 35.0 Å². The van der Waals surface area contributed by atoms with Crippen LogP contribution in [-0.4, -0.2) is 25.2 Å². The molecule has 2 aromatic rings. The van der Waals surface area contributed by atoms with Crippen molar-refractivity contribution < 1.29 is 9.53 Å². The number of rotatable bonds is 2. The molecule has 0 aliphatic carbocycles. The summed E-state index contributed by atoms with van der Waals surface area (Å²) in [5, 5.41) is 5.12. The SMILES string of the molecule is O=C(NC1COC1)c1ccc2cc(Br)ccc2c1. The third-order valence-electron chi connectivity index (χ3n) is 3.04. The van der Waals surface area contributed by atoms with Crippen LogP contribution in [0.1, 0.15) is 10.4 Å². The Bertz CT molecular complexity index is 608. The number of nitrogens with one attached hydrogen (secondary N) is 1. The van der Waals surface area contributed by atoms with E-state index < -0.39 is 0 Å². The van der Waals surface area contributed by atoms with Gasteiger partial charge in [-0.25, -0.2) is 0 Å². The van der Waals surface area contributed by atoms with E-state index in [0.29, 0.717) is 18.8 Å². The van der Waals surface area contributed by atoms with Gasteiger partial charge in [0, 0.05) is 10.0 Å². The van der Waals surface area contributed by atoms with Gasteiger partial charge in [-0.15, -0.1) is 0 Å². The molecule has 1 amide bonds. The zero-order valence-corrected chi connectivity index (χ0v) is 11.2. The Balaban J connectivity index is 1.87. The highest BCUT2D eigenvalue weighted by Gasteiger charge is 2.20. The minimum Gasteiger partial charge on any atom is -0.377 e. The molecule has 1 N–H and O–H groups in total. The molecular weight excluding hydrogens is 294 g/mol. The number of hydrogen-bond donors (Lipinski definition) is 1. The second kappa shape index (κ2) is 4.71. The van der Waals surface area contributed by atoms with E-state index in [1.165, 1.54) is 0 Å². The van der Waals surface area contributed by atoms with Crippen molar-refractivity contribution in [3.05, 3.63) is 46.4 Å². The molecule has 1 aliphatic rings. The number of hydrogen-bond acceptors (Lipinski definition) is 2. The average Bonchev–Trinajstić information content (AvgIpc) is 2.33. The zero-order valence-electron chi connectivity index (χ0n) is 9.65. The second-order valence-corrected chi connectivity index (χ2v) is 5.33. The summed E-state index contributed by atoms with van der Waals surface area (Å²) >= 11 is 3.44. The van der Waals surface area contributed by atoms with Gasteiger partial charge in [0.15, 0.2) is 0 Å². The molecule has 0 bridgehead atoms. The standard InChI is InChI=1S/C14H12BrNO2/c15-12-4-3-9-5-11(2-1-10(9)6-12)14(17)16-13-7-18-8-13/h1-6,13H,7-8H2,(H,16,17). The molecule has 0 aromatic heterocycles. The molecule has 0 spiro atoms. The minimum absolute atomic E-state index is 0.0341. The highest BCUT2D eigenvalue weighted by Crippen LogP contribution is 2.21. The molecule has 0 saturated carbocycles. The summed E-state index contributed by atoms with van der Waals surface area (Å²) in [5.41, 5.74) is 0.691. The molecule has 92 valence electrons. The number of amides is 1. The van der Waals surface area contributed by atoms with E-state index in [2.05, 4.69) is 21.2 Å². The van der Waals surface area contributed by atoms with Crippen LogP contribution < -0.4 is 5.32 Å². The third kappa shape index (κ3) is 2.26. The lowest BCUT2D eigenvalue weighted by Gasteiger charge is -2.26. The van der Waals surface area contributed by atoms with Gasteiger partial charge in [0.2, 0.25) is 0 Å². The van der Waals surface area contributed by atoms with Gasteiger partial charge in [-0.1, -0.05) is 28.1 Å². The first-order valence-corrected chi connectivity index (χ1v) is 6.59. The fourth-order valence-electron chi connectivity index (χ4n) is 1.95. The first-order valence-electron chi connectivity index (χ1n) is 5.80. The van der Waals surface area contributed by atoms with Crippen molar-refractivity contribution in [2.24, 2.45) is 0 Å². The van der Waals surface area contributed by atoms with Crippen molar-refractivity contribution in [1.82, 2.24) is 5.32 Å². The number of carbonyl (C=O) groups excluding carboxylic acids is 1. The fraction of sp³-hybridized carbons (Fsp3) is 0.214. The third-order valence-corrected chi connectivity index (χ3v) is 3.53. The monoisotopic (exact) mass is 305 g/mol. The van der Waals surface area contributed by atoms with E-state index >= 15 is 0 Å². The van der Waals surface area contributed by atoms with Crippen LogP contribution in [0.4, 0.5) is 0 Å². The predicted molar refractivity (Wildman–Crippen MR) is 73.7 cm³/mol. The predicted octanol–water partition coefficient (Wildman–Crippen LogP) is 2.73. The lowest BCUT2D eigenvalue weighted by molar-refractivity contribution is -0.00346. The summed E-state index contributed by atoms with van der Waals surface area (Å²) in [4.78, 5) is 12.0. The molecule has 1 fully saturated rings. The van der Waals surface area contributed by atoms with Gasteiger partial charge in [-0.2, -0.15) is 0 Å². The lowest BCUT2D eigenvalue weighted by atomic mass is 10.1. The molecule has 2 aromatic carbocycles. The molecule has 18 heavy (non-hydrogen) atoms. The maximum atomic E-state index is 12.0. The van der Waals surface area contributed by atoms with E-state index in [9.17, 15) is 4.79 Å². The molecular formula is C14H12BrNO2. The van der Waals surface area contributed by atoms with Crippen molar-refractivity contribution in [3.8, 4) is 0 Å². The first kappa shape index (κ1) is 11.7. The fourth-order valence-corrected chi connectivity index (χ4v) is 2.32. The van der Waals surface area contributed by atoms with E-state index in [1.54, 1.807) is 0 Å². The van der Waals surface area contributed by atoms with Crippen LogP contribution >= 0.6 is 15.9 Å². The Labute approximate surface area is 113 Å². The summed E-state index contributed by atoms with van der Waals surface area (Å²) < 4.78 is 6.08. The normalized spacial score (nSPS) is 15.4. The van der Waals surface area contributed by atoms with E-state index in [1.807, 2.05) is 36.4 Å². The molecule has 1 saturated heterocycles. The number of carbonyl (C=O) groups is 1. The molecule has 0 atom stereocenters. The number of fused-ring (bicyclic) bond motifs is 1. The highest BCUT2D eigenvalue weighted by atomic mass is 79.9. The Hall–Kier alpha value is -1.39. The van der Waals surface area contributed by atoms with Gasteiger partial charge in [0.05, 0.1) is 19.3 Å². The Morgan fingerprint density at radius 1 is 1.17 bits per heavy atom. The van der Waals surface area contributed by atoms with Crippen LogP contribution in [0.2, 0.25) is 0 Å². The second-order valence-electron chi connectivity index (χ2n) is 4.41. The van der Waals surface area contributed by atoms with Crippen LogP contribution in [0.5, 0.6) is 0 Å². The first-order chi connectivity index (χ1) is 8.72. The minimum atomic E-state index is -0.0341. The maximum absolute atomic E-state index is 12.0. The smallest absolute Gasteiger partial charge is 0.251 e. The molecule has 0 radical (unpaired) electrons. The number of benzene rings is 2. The van der Waals surface area contributed by atoms with Gasteiger partial charge < -0.3 is 10.1 Å². The highest BCUT2D eigenvalue weighted by molar-refractivity contribution is 9.10. The lowest BCUT2D eigenvalue weighted by Crippen LogP contribution is -2.48. The molecule has 4 heteroatoms. The Morgan fingerprint density at radius 3 is 2.61 bits per heavy atom. The van der Waals surface area contributed by atoms with Crippen molar-refractivity contribution in [1.29, 1.82) is 0 Å². The number of ether oxygens (including phenoxy) is 1. The van der Waals surface area contributed by atoms with Crippen LogP contribution in [0.3, 0.4) is 0 Å². The Morgan fingerprint density at radius 2 is 1.89 bits per heavy atom. The summed E-state index contributed by atoms with van der Waals surface area (Å²) in [7, 11) is 0. The van der Waals surface area contributed by atoms with Crippen molar-refractivity contribution in [2.45, 2.75) is 6.04 Å². The van der Waals surface area contributed by atoms with Crippen molar-refractivity contribution >= 4 is 32.6 Å². The van der Waals surface area contributed by atoms with E-state index in [4.69, 9.17) is 4.74 Å². The molecule has 1 aliphatic heterocycles. The van der Waals surface area contributed by atoms with Gasteiger partial charge >= 0.3 is 0 Å². The molecule has 3 nitrogen and oxygen atoms in total. The Kier molecular flexibility index (Phi) is 3.06. The molecule has 0 unspecified atom stereocenters. The van der Waals surface area contributed by atoms with Gasteiger partial charge in [-0.3, -0.25) is 4.79 Å². The summed E-state index contributed by atoms with van der Waals surface area (Å²) in [6.07, 6.45) is 0. The number of halogens is 1. The van der Waals surface area contributed by atoms with Crippen LogP contribution in [0, 0.1) is 0 Å². The summed E-state index contributed by atoms with van der Waals surface area (Å²) in [5.74, 6) is -0.0341. The zero-order chi connectivity index (χ0) is 12.5. The maximum Gasteiger partial charge on any atom is 0.251 e. The van der Waals surface area contributed by atoms with E-state index in [-0.39, 0.29) is 11.9 Å². The van der Waals surface area contributed by atoms with Gasteiger partial charge in [0.1, 0.15) is 0 Å².